The van der Waals surface area contributed by atoms with E-state index in [-0.39, 0.29) is 6.54 Å². The summed E-state index contributed by atoms with van der Waals surface area (Å²) in [4.78, 5) is 37.0. The quantitative estimate of drug-likeness (QED) is 0.160. The summed E-state index contributed by atoms with van der Waals surface area (Å²) in [5, 5.41) is 7.60. The van der Waals surface area contributed by atoms with E-state index >= 15 is 0 Å². The SMILES string of the molecule is Cc1ccc(C(=O)Oc2ccc(C=NNC(=O)CNC(=O)c3sc4ccccc4c3Cl)cc2)cc1. The predicted molar refractivity (Wildman–Crippen MR) is 137 cm³/mol. The number of benzene rings is 3. The molecule has 176 valence electrons. The van der Waals surface area contributed by atoms with Crippen molar-refractivity contribution in [2.75, 3.05) is 6.54 Å². The van der Waals surface area contributed by atoms with Crippen LogP contribution in [0.3, 0.4) is 0 Å². The molecule has 0 saturated heterocycles. The maximum Gasteiger partial charge on any atom is 0.343 e. The van der Waals surface area contributed by atoms with Gasteiger partial charge in [-0.25, -0.2) is 10.2 Å². The van der Waals surface area contributed by atoms with E-state index in [1.165, 1.54) is 17.6 Å². The predicted octanol–water partition coefficient (Wildman–Crippen LogP) is 4.96. The summed E-state index contributed by atoms with van der Waals surface area (Å²) in [6, 6.07) is 21.2. The molecule has 0 aliphatic carbocycles. The third-order valence-corrected chi connectivity index (χ3v) is 6.61. The Balaban J connectivity index is 1.25. The molecule has 1 heterocycles. The van der Waals surface area contributed by atoms with Crippen LogP contribution in [0.5, 0.6) is 5.75 Å². The maximum atomic E-state index is 12.4. The number of hydrogen-bond donors (Lipinski definition) is 2. The van der Waals surface area contributed by atoms with E-state index < -0.39 is 17.8 Å². The molecule has 0 atom stereocenters. The van der Waals surface area contributed by atoms with E-state index in [1.54, 1.807) is 36.4 Å². The summed E-state index contributed by atoms with van der Waals surface area (Å²) in [6.45, 7) is 1.69. The molecule has 35 heavy (non-hydrogen) atoms. The van der Waals surface area contributed by atoms with Crippen molar-refractivity contribution < 1.29 is 19.1 Å². The van der Waals surface area contributed by atoms with Crippen molar-refractivity contribution in [1.29, 1.82) is 0 Å². The third kappa shape index (κ3) is 6.11. The number of carbonyl (C=O) groups is 3. The van der Waals surface area contributed by atoms with Crippen LogP contribution in [0.2, 0.25) is 5.02 Å². The molecule has 0 fully saturated rings. The molecule has 0 aliphatic heterocycles. The second-order valence-electron chi connectivity index (χ2n) is 7.54. The smallest absolute Gasteiger partial charge is 0.343 e. The molecule has 7 nitrogen and oxygen atoms in total. The Hall–Kier alpha value is -4.01. The summed E-state index contributed by atoms with van der Waals surface area (Å²) in [7, 11) is 0. The maximum absolute atomic E-state index is 12.4. The Bertz CT molecular complexity index is 1410. The van der Waals surface area contributed by atoms with Gasteiger partial charge in [0.25, 0.3) is 11.8 Å². The number of amides is 2. The van der Waals surface area contributed by atoms with Crippen LogP contribution in [0.15, 0.2) is 77.9 Å². The molecule has 0 radical (unpaired) electrons. The molecule has 0 saturated carbocycles. The minimum absolute atomic E-state index is 0.255. The van der Waals surface area contributed by atoms with Gasteiger partial charge in [0.1, 0.15) is 10.6 Å². The molecule has 0 unspecified atom stereocenters. The Morgan fingerprint density at radius 3 is 2.43 bits per heavy atom. The minimum Gasteiger partial charge on any atom is -0.423 e. The molecule has 1 aromatic heterocycles. The first kappa shape index (κ1) is 24.1. The van der Waals surface area contributed by atoms with Gasteiger partial charge in [0.2, 0.25) is 0 Å². The highest BCUT2D eigenvalue weighted by atomic mass is 35.5. The van der Waals surface area contributed by atoms with Crippen molar-refractivity contribution in [3.05, 3.63) is 99.4 Å². The fourth-order valence-electron chi connectivity index (χ4n) is 3.10. The molecule has 0 bridgehead atoms. The van der Waals surface area contributed by atoms with Crippen LogP contribution in [0.25, 0.3) is 10.1 Å². The number of esters is 1. The fourth-order valence-corrected chi connectivity index (χ4v) is 4.53. The molecule has 4 aromatic rings. The number of rotatable bonds is 7. The number of thiophene rings is 1. The number of halogens is 1. The highest BCUT2D eigenvalue weighted by Gasteiger charge is 2.17. The Morgan fingerprint density at radius 2 is 1.71 bits per heavy atom. The van der Waals surface area contributed by atoms with Crippen LogP contribution in [0.4, 0.5) is 0 Å². The van der Waals surface area contributed by atoms with Crippen LogP contribution in [0, 0.1) is 6.92 Å². The first-order valence-electron chi connectivity index (χ1n) is 10.6. The number of nitrogens with zero attached hydrogens (tertiary/aromatic N) is 1. The molecule has 2 N–H and O–H groups in total. The number of hydrogen-bond acceptors (Lipinski definition) is 6. The van der Waals surface area contributed by atoms with Crippen molar-refractivity contribution in [2.45, 2.75) is 6.92 Å². The topological polar surface area (TPSA) is 96.9 Å². The number of nitrogens with one attached hydrogen (secondary N) is 2. The number of aryl methyl sites for hydroxylation is 1. The third-order valence-electron chi connectivity index (χ3n) is 4.93. The number of carbonyl (C=O) groups excluding carboxylic acids is 3. The van der Waals surface area contributed by atoms with Gasteiger partial charge in [0.05, 0.1) is 23.3 Å². The van der Waals surface area contributed by atoms with Crippen molar-refractivity contribution in [1.82, 2.24) is 10.7 Å². The number of fused-ring (bicyclic) bond motifs is 1. The number of ether oxygens (including phenoxy) is 1. The minimum atomic E-state index is -0.490. The Kier molecular flexibility index (Phi) is 7.54. The molecular formula is C26H20ClN3O4S. The van der Waals surface area contributed by atoms with Gasteiger partial charge in [-0.1, -0.05) is 47.5 Å². The molecule has 2 amide bonds. The van der Waals surface area contributed by atoms with Crippen LogP contribution in [-0.4, -0.2) is 30.5 Å². The zero-order valence-corrected chi connectivity index (χ0v) is 20.2. The molecule has 9 heteroatoms. The lowest BCUT2D eigenvalue weighted by Gasteiger charge is -2.05. The summed E-state index contributed by atoms with van der Waals surface area (Å²) < 4.78 is 6.25. The first-order chi connectivity index (χ1) is 16.9. The molecular weight excluding hydrogens is 486 g/mol. The standard InChI is InChI=1S/C26H20ClN3O4S/c1-16-6-10-18(11-7-16)26(33)34-19-12-8-17(9-13-19)14-29-30-22(31)15-28-25(32)24-23(27)20-4-2-3-5-21(20)35-24/h2-14H,15H2,1H3,(H,28,32)(H,30,31). The van der Waals surface area contributed by atoms with Gasteiger partial charge in [-0.2, -0.15) is 5.10 Å². The summed E-state index contributed by atoms with van der Waals surface area (Å²) in [5.41, 5.74) is 4.55. The van der Waals surface area contributed by atoms with E-state index in [2.05, 4.69) is 15.8 Å². The molecule has 4 rings (SSSR count). The van der Waals surface area contributed by atoms with Gasteiger partial charge < -0.3 is 10.1 Å². The van der Waals surface area contributed by atoms with Gasteiger partial charge in [-0.05, 0) is 55.0 Å². The van der Waals surface area contributed by atoms with E-state index in [0.717, 1.165) is 15.6 Å². The Labute approximate surface area is 210 Å². The zero-order valence-electron chi connectivity index (χ0n) is 18.6. The molecule has 0 aliphatic rings. The lowest BCUT2D eigenvalue weighted by molar-refractivity contribution is -0.120. The lowest BCUT2D eigenvalue weighted by Crippen LogP contribution is -2.34. The molecule has 0 spiro atoms. The number of hydrazone groups is 1. The normalized spacial score (nSPS) is 10.9. The van der Waals surface area contributed by atoms with E-state index in [0.29, 0.717) is 26.8 Å². The van der Waals surface area contributed by atoms with E-state index in [1.807, 2.05) is 43.3 Å². The Morgan fingerprint density at radius 1 is 1.00 bits per heavy atom. The largest absolute Gasteiger partial charge is 0.423 e. The highest BCUT2D eigenvalue weighted by molar-refractivity contribution is 7.21. The molecule has 3 aromatic carbocycles. The average molecular weight is 506 g/mol. The van der Waals surface area contributed by atoms with Crippen LogP contribution in [0.1, 0.15) is 31.2 Å². The van der Waals surface area contributed by atoms with Crippen molar-refractivity contribution in [2.24, 2.45) is 5.10 Å². The van der Waals surface area contributed by atoms with Gasteiger partial charge >= 0.3 is 5.97 Å². The monoisotopic (exact) mass is 505 g/mol. The highest BCUT2D eigenvalue weighted by Crippen LogP contribution is 2.34. The van der Waals surface area contributed by atoms with E-state index in [9.17, 15) is 14.4 Å². The van der Waals surface area contributed by atoms with Gasteiger partial charge in [0, 0.05) is 10.1 Å². The van der Waals surface area contributed by atoms with Crippen LogP contribution >= 0.6 is 22.9 Å². The van der Waals surface area contributed by atoms with E-state index in [4.69, 9.17) is 16.3 Å². The van der Waals surface area contributed by atoms with Crippen LogP contribution < -0.4 is 15.5 Å². The summed E-state index contributed by atoms with van der Waals surface area (Å²) in [6.07, 6.45) is 1.44. The van der Waals surface area contributed by atoms with Gasteiger partial charge in [0.15, 0.2) is 0 Å². The lowest BCUT2D eigenvalue weighted by atomic mass is 10.1. The van der Waals surface area contributed by atoms with Crippen molar-refractivity contribution in [3.63, 3.8) is 0 Å². The second kappa shape index (κ2) is 10.9. The zero-order chi connectivity index (χ0) is 24.8. The van der Waals surface area contributed by atoms with Crippen molar-refractivity contribution in [3.8, 4) is 5.75 Å². The first-order valence-corrected chi connectivity index (χ1v) is 11.8. The van der Waals surface area contributed by atoms with Crippen LogP contribution in [-0.2, 0) is 4.79 Å². The fraction of sp³-hybridized carbons (Fsp3) is 0.0769. The summed E-state index contributed by atoms with van der Waals surface area (Å²) in [5.74, 6) is -0.974. The summed E-state index contributed by atoms with van der Waals surface area (Å²) >= 11 is 7.56. The van der Waals surface area contributed by atoms with Crippen molar-refractivity contribution >= 4 is 57.0 Å². The van der Waals surface area contributed by atoms with Gasteiger partial charge in [-0.3, -0.25) is 9.59 Å². The average Bonchev–Trinajstić information content (AvgIpc) is 3.20. The second-order valence-corrected chi connectivity index (χ2v) is 8.97. The van der Waals surface area contributed by atoms with Gasteiger partial charge in [-0.15, -0.1) is 11.3 Å².